The van der Waals surface area contributed by atoms with Crippen LogP contribution in [0.3, 0.4) is 0 Å². The number of nitrogens with zero attached hydrogens (tertiary/aromatic N) is 2. The Labute approximate surface area is 128 Å². The predicted molar refractivity (Wildman–Crippen MR) is 82.3 cm³/mol. The second-order valence-corrected chi connectivity index (χ2v) is 5.16. The van der Waals surface area contributed by atoms with Crippen molar-refractivity contribution in [2.45, 2.75) is 19.1 Å². The molecule has 116 valence electrons. The highest BCUT2D eigenvalue weighted by Gasteiger charge is 2.19. The van der Waals surface area contributed by atoms with E-state index in [-0.39, 0.29) is 11.7 Å². The van der Waals surface area contributed by atoms with Gasteiger partial charge in [0.05, 0.1) is 6.20 Å². The average Bonchev–Trinajstić information content (AvgIpc) is 2.56. The molecule has 0 spiro atoms. The molecule has 2 heterocycles. The van der Waals surface area contributed by atoms with E-state index in [0.717, 1.165) is 31.0 Å². The van der Waals surface area contributed by atoms with Crippen LogP contribution in [0.25, 0.3) is 0 Å². The number of benzene rings is 1. The summed E-state index contributed by atoms with van der Waals surface area (Å²) in [7, 11) is 0. The molecule has 0 bridgehead atoms. The maximum atomic E-state index is 11.5. The van der Waals surface area contributed by atoms with E-state index in [2.05, 4.69) is 10.3 Å². The molecule has 0 saturated heterocycles. The molecule has 1 aromatic heterocycles. The van der Waals surface area contributed by atoms with Crippen LogP contribution in [0.15, 0.2) is 47.7 Å². The summed E-state index contributed by atoms with van der Waals surface area (Å²) >= 11 is 0. The van der Waals surface area contributed by atoms with Gasteiger partial charge in [0.15, 0.2) is 11.5 Å². The molecule has 1 aliphatic heterocycles. The van der Waals surface area contributed by atoms with Crippen LogP contribution < -0.4 is 20.3 Å². The van der Waals surface area contributed by atoms with E-state index >= 15 is 0 Å². The molecule has 3 rings (SSSR count). The summed E-state index contributed by atoms with van der Waals surface area (Å²) in [6.07, 6.45) is 5.54. The van der Waals surface area contributed by atoms with Gasteiger partial charge in [-0.2, -0.15) is 0 Å². The molecule has 6 nitrogen and oxygen atoms in total. The van der Waals surface area contributed by atoms with Gasteiger partial charge in [-0.3, -0.25) is 9.78 Å². The van der Waals surface area contributed by atoms with Gasteiger partial charge in [0, 0.05) is 25.5 Å². The zero-order valence-electron chi connectivity index (χ0n) is 12.3. The summed E-state index contributed by atoms with van der Waals surface area (Å²) in [4.78, 5) is 15.3. The highest BCUT2D eigenvalue weighted by molar-refractivity contribution is 5.40. The van der Waals surface area contributed by atoms with Crippen LogP contribution in [-0.2, 0) is 6.54 Å². The van der Waals surface area contributed by atoms with Gasteiger partial charge in [-0.05, 0) is 25.1 Å². The first-order valence-electron chi connectivity index (χ1n) is 7.42. The Bertz CT molecular complexity index is 671. The van der Waals surface area contributed by atoms with Crippen molar-refractivity contribution in [1.29, 1.82) is 0 Å². The molecule has 0 amide bonds. The molecule has 1 N–H and O–H groups in total. The van der Waals surface area contributed by atoms with Crippen molar-refractivity contribution < 1.29 is 9.47 Å². The first-order valence-corrected chi connectivity index (χ1v) is 7.42. The van der Waals surface area contributed by atoms with E-state index in [9.17, 15) is 4.79 Å². The predicted octanol–water partition coefficient (Wildman–Crippen LogP) is 1.06. The number of nitrogens with one attached hydrogen (secondary N) is 1. The topological polar surface area (TPSA) is 65.4 Å². The van der Waals surface area contributed by atoms with Crippen molar-refractivity contribution in [3.05, 3.63) is 53.2 Å². The number of ether oxygens (including phenoxy) is 2. The fourth-order valence-corrected chi connectivity index (χ4v) is 2.36. The molecule has 0 aliphatic carbocycles. The number of para-hydroxylation sites is 2. The Morgan fingerprint density at radius 1 is 1.32 bits per heavy atom. The molecule has 22 heavy (non-hydrogen) atoms. The highest BCUT2D eigenvalue weighted by atomic mass is 16.6. The Balaban J connectivity index is 1.38. The van der Waals surface area contributed by atoms with Crippen molar-refractivity contribution in [1.82, 2.24) is 14.9 Å². The Kier molecular flexibility index (Phi) is 4.70. The SMILES string of the molecule is O=c1cnccn1CCCNCC1COc2ccccc2O1. The minimum absolute atomic E-state index is 0.0125. The number of fused-ring (bicyclic) bond motifs is 1. The first-order chi connectivity index (χ1) is 10.8. The highest BCUT2D eigenvalue weighted by Crippen LogP contribution is 2.30. The minimum Gasteiger partial charge on any atom is -0.486 e. The van der Waals surface area contributed by atoms with E-state index in [1.54, 1.807) is 17.0 Å². The lowest BCUT2D eigenvalue weighted by Crippen LogP contribution is -2.39. The lowest BCUT2D eigenvalue weighted by Gasteiger charge is -2.26. The van der Waals surface area contributed by atoms with Gasteiger partial charge in [0.2, 0.25) is 0 Å². The molecule has 1 unspecified atom stereocenters. The van der Waals surface area contributed by atoms with Crippen molar-refractivity contribution in [3.63, 3.8) is 0 Å². The van der Waals surface area contributed by atoms with Gasteiger partial charge >= 0.3 is 0 Å². The summed E-state index contributed by atoms with van der Waals surface area (Å²) in [5.74, 6) is 1.60. The molecule has 1 aliphatic rings. The van der Waals surface area contributed by atoms with Crippen molar-refractivity contribution in [3.8, 4) is 11.5 Å². The zero-order chi connectivity index (χ0) is 15.2. The smallest absolute Gasteiger partial charge is 0.268 e. The van der Waals surface area contributed by atoms with Gasteiger partial charge in [-0.25, -0.2) is 0 Å². The number of hydrogen-bond acceptors (Lipinski definition) is 5. The molecule has 1 atom stereocenters. The molecule has 0 saturated carbocycles. The Morgan fingerprint density at radius 3 is 3.05 bits per heavy atom. The second-order valence-electron chi connectivity index (χ2n) is 5.16. The molecule has 0 radical (unpaired) electrons. The third kappa shape index (κ3) is 3.65. The average molecular weight is 301 g/mol. The maximum absolute atomic E-state index is 11.5. The Hall–Kier alpha value is -2.34. The standard InChI is InChI=1S/C16H19N3O3/c20-16-11-18-7-9-19(16)8-3-6-17-10-13-12-21-14-4-1-2-5-15(14)22-13/h1-2,4-5,7,9,11,13,17H,3,6,8,10,12H2. The molecular weight excluding hydrogens is 282 g/mol. The third-order valence-corrected chi connectivity index (χ3v) is 3.49. The van der Waals surface area contributed by atoms with Crippen LogP contribution >= 0.6 is 0 Å². The number of rotatable bonds is 6. The number of hydrogen-bond donors (Lipinski definition) is 1. The van der Waals surface area contributed by atoms with E-state index in [4.69, 9.17) is 9.47 Å². The van der Waals surface area contributed by atoms with Gasteiger partial charge in [0.25, 0.3) is 5.56 Å². The van der Waals surface area contributed by atoms with Gasteiger partial charge in [0.1, 0.15) is 12.7 Å². The summed E-state index contributed by atoms with van der Waals surface area (Å²) < 4.78 is 13.2. The zero-order valence-corrected chi connectivity index (χ0v) is 12.3. The molecule has 2 aromatic rings. The van der Waals surface area contributed by atoms with Crippen LogP contribution in [0.4, 0.5) is 0 Å². The van der Waals surface area contributed by atoms with Crippen molar-refractivity contribution in [2.75, 3.05) is 19.7 Å². The van der Waals surface area contributed by atoms with E-state index < -0.39 is 0 Å². The minimum atomic E-state index is -0.0666. The molecule has 6 heteroatoms. The van der Waals surface area contributed by atoms with Crippen LogP contribution in [-0.4, -0.2) is 35.4 Å². The Morgan fingerprint density at radius 2 is 2.18 bits per heavy atom. The van der Waals surface area contributed by atoms with Crippen molar-refractivity contribution >= 4 is 0 Å². The largest absolute Gasteiger partial charge is 0.486 e. The third-order valence-electron chi connectivity index (χ3n) is 3.49. The van der Waals surface area contributed by atoms with Crippen LogP contribution in [0.5, 0.6) is 11.5 Å². The van der Waals surface area contributed by atoms with Crippen LogP contribution in [0, 0.1) is 0 Å². The van der Waals surface area contributed by atoms with Crippen molar-refractivity contribution in [2.24, 2.45) is 0 Å². The van der Waals surface area contributed by atoms with Gasteiger partial charge in [-0.15, -0.1) is 0 Å². The molecule has 0 fully saturated rings. The van der Waals surface area contributed by atoms with Crippen LogP contribution in [0.2, 0.25) is 0 Å². The summed E-state index contributed by atoms with van der Waals surface area (Å²) in [5, 5.41) is 3.34. The van der Waals surface area contributed by atoms with Gasteiger partial charge in [-0.1, -0.05) is 12.1 Å². The van der Waals surface area contributed by atoms with E-state index in [1.165, 1.54) is 6.20 Å². The monoisotopic (exact) mass is 301 g/mol. The second kappa shape index (κ2) is 7.09. The summed E-state index contributed by atoms with van der Waals surface area (Å²) in [5.41, 5.74) is -0.0666. The van der Waals surface area contributed by atoms with Gasteiger partial charge < -0.3 is 19.4 Å². The van der Waals surface area contributed by atoms with E-state index in [0.29, 0.717) is 13.2 Å². The number of aromatic nitrogens is 2. The lowest BCUT2D eigenvalue weighted by molar-refractivity contribution is 0.0904. The summed E-state index contributed by atoms with van der Waals surface area (Å²) in [6, 6.07) is 7.69. The fraction of sp³-hybridized carbons (Fsp3) is 0.375. The molecule has 1 aromatic carbocycles. The lowest BCUT2D eigenvalue weighted by atomic mass is 10.2. The maximum Gasteiger partial charge on any atom is 0.268 e. The number of aryl methyl sites for hydroxylation is 1. The fourth-order valence-electron chi connectivity index (χ4n) is 2.36. The molecular formula is C16H19N3O3. The van der Waals surface area contributed by atoms with E-state index in [1.807, 2.05) is 24.3 Å². The quantitative estimate of drug-likeness (QED) is 0.808. The normalized spacial score (nSPS) is 16.5. The first kappa shape index (κ1) is 14.6. The summed E-state index contributed by atoms with van der Waals surface area (Å²) in [6.45, 7) is 2.77. The van der Waals surface area contributed by atoms with Crippen LogP contribution in [0.1, 0.15) is 6.42 Å².